The van der Waals surface area contributed by atoms with Crippen LogP contribution in [0.25, 0.3) is 0 Å². The molecule has 0 aromatic heterocycles. The summed E-state index contributed by atoms with van der Waals surface area (Å²) in [5.74, 6) is -0.396. The van der Waals surface area contributed by atoms with Crippen molar-refractivity contribution in [3.8, 4) is 0 Å². The van der Waals surface area contributed by atoms with Gasteiger partial charge in [-0.3, -0.25) is 14.9 Å². The lowest BCUT2D eigenvalue weighted by atomic mass is 9.94. The maximum absolute atomic E-state index is 12.8. The predicted octanol–water partition coefficient (Wildman–Crippen LogP) is 5.08. The highest BCUT2D eigenvalue weighted by Crippen LogP contribution is 2.27. The minimum atomic E-state index is -0.548. The van der Waals surface area contributed by atoms with Gasteiger partial charge in [-0.1, -0.05) is 66.2 Å². The van der Waals surface area contributed by atoms with E-state index in [4.69, 9.17) is 11.6 Å². The molecule has 0 heterocycles. The molecular formula is C21H17ClN2O3. The molecule has 1 amide bonds. The minimum Gasteiger partial charge on any atom is -0.341 e. The zero-order valence-electron chi connectivity index (χ0n) is 14.6. The summed E-state index contributed by atoms with van der Waals surface area (Å²) in [4.78, 5) is 23.2. The first-order valence-electron chi connectivity index (χ1n) is 8.32. The third kappa shape index (κ3) is 4.15. The molecular weight excluding hydrogens is 364 g/mol. The number of hydrogen-bond acceptors (Lipinski definition) is 3. The van der Waals surface area contributed by atoms with Gasteiger partial charge in [-0.15, -0.1) is 0 Å². The van der Waals surface area contributed by atoms with Crippen LogP contribution in [0.4, 0.5) is 5.69 Å². The van der Waals surface area contributed by atoms with Crippen molar-refractivity contribution in [2.45, 2.75) is 13.0 Å². The smallest absolute Gasteiger partial charge is 0.270 e. The van der Waals surface area contributed by atoms with Crippen LogP contribution in [-0.2, 0) is 0 Å². The molecule has 3 aromatic carbocycles. The fourth-order valence-electron chi connectivity index (χ4n) is 2.91. The number of carbonyl (C=O) groups excluding carboxylic acids is 1. The highest BCUT2D eigenvalue weighted by Gasteiger charge is 2.21. The fraction of sp³-hybridized carbons (Fsp3) is 0.0952. The first-order chi connectivity index (χ1) is 13.0. The van der Waals surface area contributed by atoms with Crippen molar-refractivity contribution in [1.82, 2.24) is 5.32 Å². The van der Waals surface area contributed by atoms with Gasteiger partial charge < -0.3 is 5.32 Å². The van der Waals surface area contributed by atoms with Gasteiger partial charge in [0.15, 0.2) is 0 Å². The van der Waals surface area contributed by atoms with Crippen LogP contribution in [0.1, 0.15) is 33.1 Å². The second-order valence-corrected chi connectivity index (χ2v) is 6.50. The standard InChI is InChI=1S/C21H17ClN2O3/c1-14-7-5-6-10-17(14)20(15-8-3-2-4-9-15)23-21(25)18-12-11-16(24(26)27)13-19(18)22/h2-13,20H,1H3,(H,23,25)/t20-/m0/s1. The number of nitrogens with one attached hydrogen (secondary N) is 1. The zero-order chi connectivity index (χ0) is 19.4. The molecule has 0 fully saturated rings. The van der Waals surface area contributed by atoms with Crippen LogP contribution in [0.15, 0.2) is 72.8 Å². The van der Waals surface area contributed by atoms with E-state index in [0.717, 1.165) is 16.7 Å². The monoisotopic (exact) mass is 380 g/mol. The second kappa shape index (κ2) is 8.01. The van der Waals surface area contributed by atoms with E-state index < -0.39 is 10.8 Å². The summed E-state index contributed by atoms with van der Waals surface area (Å²) in [6.07, 6.45) is 0. The van der Waals surface area contributed by atoms with Crippen molar-refractivity contribution in [3.05, 3.63) is 110 Å². The Hall–Kier alpha value is -3.18. The molecule has 3 rings (SSSR count). The van der Waals surface area contributed by atoms with Crippen molar-refractivity contribution in [1.29, 1.82) is 0 Å². The highest BCUT2D eigenvalue weighted by atomic mass is 35.5. The van der Waals surface area contributed by atoms with Gasteiger partial charge >= 0.3 is 0 Å². The normalized spacial score (nSPS) is 11.6. The Morgan fingerprint density at radius 3 is 2.33 bits per heavy atom. The molecule has 1 N–H and O–H groups in total. The van der Waals surface area contributed by atoms with E-state index in [1.165, 1.54) is 18.2 Å². The van der Waals surface area contributed by atoms with Gasteiger partial charge in [-0.2, -0.15) is 0 Å². The lowest BCUT2D eigenvalue weighted by Crippen LogP contribution is -2.30. The van der Waals surface area contributed by atoms with Gasteiger partial charge in [0.2, 0.25) is 0 Å². The molecule has 0 unspecified atom stereocenters. The molecule has 3 aromatic rings. The molecule has 0 spiro atoms. The van der Waals surface area contributed by atoms with E-state index in [-0.39, 0.29) is 22.3 Å². The van der Waals surface area contributed by atoms with E-state index in [1.54, 1.807) is 0 Å². The van der Waals surface area contributed by atoms with Crippen LogP contribution in [0, 0.1) is 17.0 Å². The molecule has 0 aliphatic carbocycles. The number of hydrogen-bond donors (Lipinski definition) is 1. The van der Waals surface area contributed by atoms with E-state index in [0.29, 0.717) is 0 Å². The predicted molar refractivity (Wildman–Crippen MR) is 105 cm³/mol. The van der Waals surface area contributed by atoms with Crippen LogP contribution in [0.3, 0.4) is 0 Å². The molecule has 0 aliphatic rings. The van der Waals surface area contributed by atoms with Crippen molar-refractivity contribution in [3.63, 3.8) is 0 Å². The molecule has 136 valence electrons. The quantitative estimate of drug-likeness (QED) is 0.495. The van der Waals surface area contributed by atoms with Crippen LogP contribution in [0.5, 0.6) is 0 Å². The van der Waals surface area contributed by atoms with Crippen LogP contribution in [-0.4, -0.2) is 10.8 Å². The van der Waals surface area contributed by atoms with Crippen molar-refractivity contribution >= 4 is 23.2 Å². The summed E-state index contributed by atoms with van der Waals surface area (Å²) in [6, 6.07) is 20.9. The summed E-state index contributed by atoms with van der Waals surface area (Å²) in [5, 5.41) is 13.9. The number of carbonyl (C=O) groups is 1. The number of halogens is 1. The van der Waals surface area contributed by atoms with E-state index in [2.05, 4.69) is 5.32 Å². The number of nitrogens with zero attached hydrogens (tertiary/aromatic N) is 1. The van der Waals surface area contributed by atoms with Gasteiger partial charge in [0, 0.05) is 12.1 Å². The van der Waals surface area contributed by atoms with Gasteiger partial charge in [0.25, 0.3) is 11.6 Å². The first-order valence-corrected chi connectivity index (χ1v) is 8.70. The van der Waals surface area contributed by atoms with Gasteiger partial charge in [0.05, 0.1) is 21.6 Å². The van der Waals surface area contributed by atoms with E-state index in [9.17, 15) is 14.9 Å². The molecule has 6 heteroatoms. The Morgan fingerprint density at radius 1 is 1.04 bits per heavy atom. The van der Waals surface area contributed by atoms with E-state index >= 15 is 0 Å². The topological polar surface area (TPSA) is 72.2 Å². The van der Waals surface area contributed by atoms with Crippen molar-refractivity contribution < 1.29 is 9.72 Å². The molecule has 0 aliphatic heterocycles. The molecule has 0 bridgehead atoms. The summed E-state index contributed by atoms with van der Waals surface area (Å²) >= 11 is 6.11. The largest absolute Gasteiger partial charge is 0.341 e. The molecule has 0 saturated carbocycles. The molecule has 0 saturated heterocycles. The number of benzene rings is 3. The van der Waals surface area contributed by atoms with Gasteiger partial charge in [-0.05, 0) is 29.7 Å². The zero-order valence-corrected chi connectivity index (χ0v) is 15.3. The second-order valence-electron chi connectivity index (χ2n) is 6.10. The van der Waals surface area contributed by atoms with Crippen LogP contribution < -0.4 is 5.32 Å². The van der Waals surface area contributed by atoms with E-state index in [1.807, 2.05) is 61.5 Å². The maximum atomic E-state index is 12.8. The number of aryl methyl sites for hydroxylation is 1. The SMILES string of the molecule is Cc1ccccc1[C@@H](NC(=O)c1ccc([N+](=O)[O-])cc1Cl)c1ccccc1. The number of amides is 1. The average molecular weight is 381 g/mol. The summed E-state index contributed by atoms with van der Waals surface area (Å²) in [6.45, 7) is 1.98. The average Bonchev–Trinajstić information content (AvgIpc) is 2.67. The van der Waals surface area contributed by atoms with Crippen LogP contribution >= 0.6 is 11.6 Å². The Balaban J connectivity index is 1.97. The number of rotatable bonds is 5. The highest BCUT2D eigenvalue weighted by molar-refractivity contribution is 6.34. The lowest BCUT2D eigenvalue weighted by Gasteiger charge is -2.22. The Morgan fingerprint density at radius 2 is 1.70 bits per heavy atom. The molecule has 27 heavy (non-hydrogen) atoms. The molecule has 1 atom stereocenters. The summed E-state index contributed by atoms with van der Waals surface area (Å²) in [5.41, 5.74) is 2.97. The summed E-state index contributed by atoms with van der Waals surface area (Å²) < 4.78 is 0. The lowest BCUT2D eigenvalue weighted by molar-refractivity contribution is -0.384. The Labute approximate surface area is 161 Å². The molecule has 0 radical (unpaired) electrons. The minimum absolute atomic E-state index is 0.0401. The Kier molecular flexibility index (Phi) is 5.52. The van der Waals surface area contributed by atoms with Gasteiger partial charge in [0.1, 0.15) is 0 Å². The third-order valence-corrected chi connectivity index (χ3v) is 4.63. The number of non-ortho nitro benzene ring substituents is 1. The first kappa shape index (κ1) is 18.6. The number of nitro groups is 1. The maximum Gasteiger partial charge on any atom is 0.270 e. The van der Waals surface area contributed by atoms with Gasteiger partial charge in [-0.25, -0.2) is 0 Å². The third-order valence-electron chi connectivity index (χ3n) is 4.32. The Bertz CT molecular complexity index is 990. The molecule has 5 nitrogen and oxygen atoms in total. The fourth-order valence-corrected chi connectivity index (χ4v) is 3.17. The number of nitro benzene ring substituents is 1. The van der Waals surface area contributed by atoms with Crippen LogP contribution in [0.2, 0.25) is 5.02 Å². The summed E-state index contributed by atoms with van der Waals surface area (Å²) in [7, 11) is 0. The van der Waals surface area contributed by atoms with Crippen molar-refractivity contribution in [2.24, 2.45) is 0 Å². The van der Waals surface area contributed by atoms with Crippen molar-refractivity contribution in [2.75, 3.05) is 0 Å².